The first-order chi connectivity index (χ1) is 11.6. The zero-order valence-electron chi connectivity index (χ0n) is 13.4. The molecule has 0 amide bonds. The van der Waals surface area contributed by atoms with Gasteiger partial charge < -0.3 is 4.74 Å². The molecule has 2 unspecified atom stereocenters. The van der Waals surface area contributed by atoms with Crippen LogP contribution in [0.5, 0.6) is 0 Å². The smallest absolute Gasteiger partial charge is 0.323 e. The number of halogens is 2. The Kier molecular flexibility index (Phi) is 5.44. The molecule has 0 radical (unpaired) electrons. The predicted molar refractivity (Wildman–Crippen MR) is 96.2 cm³/mol. The summed E-state index contributed by atoms with van der Waals surface area (Å²) in [6.45, 7) is 3.21. The average molecular weight is 364 g/mol. The van der Waals surface area contributed by atoms with E-state index in [1.807, 2.05) is 49.4 Å². The summed E-state index contributed by atoms with van der Waals surface area (Å²) in [5.41, 5.74) is 1.96. The van der Waals surface area contributed by atoms with Crippen LogP contribution in [0.15, 0.2) is 48.5 Å². The third-order valence-electron chi connectivity index (χ3n) is 4.47. The van der Waals surface area contributed by atoms with Crippen molar-refractivity contribution in [3.63, 3.8) is 0 Å². The van der Waals surface area contributed by atoms with Crippen molar-refractivity contribution in [3.8, 4) is 0 Å². The van der Waals surface area contributed by atoms with Gasteiger partial charge in [0.2, 0.25) is 0 Å². The molecule has 2 atom stereocenters. The van der Waals surface area contributed by atoms with Crippen LogP contribution in [0.2, 0.25) is 10.0 Å². The first kappa shape index (κ1) is 17.3. The molecule has 2 aromatic rings. The fourth-order valence-electron chi connectivity index (χ4n) is 2.97. The van der Waals surface area contributed by atoms with Crippen LogP contribution in [-0.2, 0) is 16.1 Å². The van der Waals surface area contributed by atoms with Gasteiger partial charge in [0.15, 0.2) is 0 Å². The number of rotatable bonds is 5. The van der Waals surface area contributed by atoms with E-state index < -0.39 is 0 Å². The Morgan fingerprint density at radius 3 is 2.62 bits per heavy atom. The Labute approximate surface area is 152 Å². The molecule has 2 aromatic carbocycles. The van der Waals surface area contributed by atoms with Crippen molar-refractivity contribution in [2.45, 2.75) is 32.0 Å². The van der Waals surface area contributed by atoms with E-state index in [1.165, 1.54) is 0 Å². The molecule has 1 saturated heterocycles. The highest BCUT2D eigenvalue weighted by atomic mass is 35.5. The third kappa shape index (κ3) is 3.75. The number of nitrogens with zero attached hydrogens (tertiary/aromatic N) is 1. The maximum absolute atomic E-state index is 12.4. The fourth-order valence-corrected chi connectivity index (χ4v) is 3.53. The molecule has 0 aliphatic carbocycles. The van der Waals surface area contributed by atoms with Crippen molar-refractivity contribution in [1.82, 2.24) is 4.90 Å². The minimum atomic E-state index is -0.213. The highest BCUT2D eigenvalue weighted by molar-refractivity contribution is 6.35. The second-order valence-corrected chi connectivity index (χ2v) is 6.82. The molecule has 126 valence electrons. The monoisotopic (exact) mass is 363 g/mol. The number of ether oxygens (including phenoxy) is 1. The molecule has 0 bridgehead atoms. The molecule has 5 heteroatoms. The van der Waals surface area contributed by atoms with Crippen molar-refractivity contribution < 1.29 is 9.53 Å². The maximum atomic E-state index is 12.4. The first-order valence-electron chi connectivity index (χ1n) is 7.97. The van der Waals surface area contributed by atoms with Crippen molar-refractivity contribution in [1.29, 1.82) is 0 Å². The normalized spacial score (nSPS) is 18.7. The second-order valence-electron chi connectivity index (χ2n) is 5.98. The van der Waals surface area contributed by atoms with Gasteiger partial charge in [0.25, 0.3) is 0 Å². The number of carbonyl (C=O) groups excluding carboxylic acids is 1. The first-order valence-corrected chi connectivity index (χ1v) is 8.73. The average Bonchev–Trinajstić information content (AvgIpc) is 2.52. The Balaban J connectivity index is 1.62. The molecule has 0 saturated carbocycles. The van der Waals surface area contributed by atoms with E-state index in [0.29, 0.717) is 16.7 Å². The number of hydrogen-bond acceptors (Lipinski definition) is 3. The van der Waals surface area contributed by atoms with E-state index in [4.69, 9.17) is 27.9 Å². The van der Waals surface area contributed by atoms with Gasteiger partial charge in [-0.2, -0.15) is 0 Å². The molecular weight excluding hydrogens is 345 g/mol. The molecule has 1 aliphatic rings. The second kappa shape index (κ2) is 7.56. The topological polar surface area (TPSA) is 29.5 Å². The van der Waals surface area contributed by atoms with Gasteiger partial charge in [-0.15, -0.1) is 0 Å². The van der Waals surface area contributed by atoms with Crippen molar-refractivity contribution in [2.24, 2.45) is 0 Å². The van der Waals surface area contributed by atoms with Crippen LogP contribution in [0.1, 0.15) is 30.5 Å². The standard InChI is InChI=1S/C19H19Cl2NO2/c1-13(16-8-7-15(20)11-17(16)21)22-10-9-18(22)19(23)24-12-14-5-3-2-4-6-14/h2-8,11,13,18H,9-10,12H2,1H3. The summed E-state index contributed by atoms with van der Waals surface area (Å²) in [6.07, 6.45) is 0.809. The number of hydrogen-bond donors (Lipinski definition) is 0. The van der Waals surface area contributed by atoms with E-state index in [1.54, 1.807) is 6.07 Å². The minimum Gasteiger partial charge on any atom is -0.460 e. The molecule has 3 nitrogen and oxygen atoms in total. The predicted octanol–water partition coefficient (Wildman–Crippen LogP) is 4.87. The summed E-state index contributed by atoms with van der Waals surface area (Å²) in [4.78, 5) is 14.5. The fraction of sp³-hybridized carbons (Fsp3) is 0.316. The number of esters is 1. The van der Waals surface area contributed by atoms with Crippen LogP contribution in [0.25, 0.3) is 0 Å². The molecule has 1 fully saturated rings. The zero-order valence-corrected chi connectivity index (χ0v) is 14.9. The van der Waals surface area contributed by atoms with Crippen molar-refractivity contribution in [2.75, 3.05) is 6.54 Å². The van der Waals surface area contributed by atoms with E-state index in [9.17, 15) is 4.79 Å². The number of carbonyl (C=O) groups is 1. The Hall–Kier alpha value is -1.55. The highest BCUT2D eigenvalue weighted by Gasteiger charge is 2.39. The lowest BCUT2D eigenvalue weighted by Gasteiger charge is -2.43. The van der Waals surface area contributed by atoms with Gasteiger partial charge in [0.05, 0.1) is 0 Å². The van der Waals surface area contributed by atoms with Crippen LogP contribution in [0, 0.1) is 0 Å². The van der Waals surface area contributed by atoms with Gasteiger partial charge in [0.1, 0.15) is 12.6 Å². The van der Waals surface area contributed by atoms with Crippen molar-refractivity contribution >= 4 is 29.2 Å². The Morgan fingerprint density at radius 2 is 2.00 bits per heavy atom. The zero-order chi connectivity index (χ0) is 17.1. The molecule has 0 N–H and O–H groups in total. The molecule has 24 heavy (non-hydrogen) atoms. The minimum absolute atomic E-state index is 0.0396. The largest absolute Gasteiger partial charge is 0.460 e. The van der Waals surface area contributed by atoms with Gasteiger partial charge in [0, 0.05) is 22.6 Å². The van der Waals surface area contributed by atoms with Gasteiger partial charge in [-0.1, -0.05) is 59.6 Å². The lowest BCUT2D eigenvalue weighted by molar-refractivity contribution is -0.158. The Morgan fingerprint density at radius 1 is 1.25 bits per heavy atom. The maximum Gasteiger partial charge on any atom is 0.323 e. The van der Waals surface area contributed by atoms with Gasteiger partial charge in [-0.25, -0.2) is 0 Å². The highest BCUT2D eigenvalue weighted by Crippen LogP contribution is 2.35. The van der Waals surface area contributed by atoms with Crippen LogP contribution in [0.3, 0.4) is 0 Å². The summed E-state index contributed by atoms with van der Waals surface area (Å²) in [6, 6.07) is 15.0. The van der Waals surface area contributed by atoms with Gasteiger partial charge in [-0.05, 0) is 36.6 Å². The summed E-state index contributed by atoms with van der Waals surface area (Å²) in [5, 5.41) is 1.23. The SMILES string of the molecule is CC(c1ccc(Cl)cc1Cl)N1CCC1C(=O)OCc1ccccc1. The molecule has 1 aliphatic heterocycles. The van der Waals surface area contributed by atoms with Crippen molar-refractivity contribution in [3.05, 3.63) is 69.7 Å². The third-order valence-corrected chi connectivity index (χ3v) is 5.03. The van der Waals surface area contributed by atoms with E-state index in [-0.39, 0.29) is 18.1 Å². The molecule has 3 rings (SSSR count). The van der Waals surface area contributed by atoms with Gasteiger partial charge in [-0.3, -0.25) is 9.69 Å². The van der Waals surface area contributed by atoms with Crippen LogP contribution in [0.4, 0.5) is 0 Å². The molecular formula is C19H19Cl2NO2. The van der Waals surface area contributed by atoms with Crippen LogP contribution in [-0.4, -0.2) is 23.5 Å². The Bertz CT molecular complexity index is 721. The van der Waals surface area contributed by atoms with E-state index >= 15 is 0 Å². The lowest BCUT2D eigenvalue weighted by atomic mass is 9.96. The molecule has 0 aromatic heterocycles. The van der Waals surface area contributed by atoms with E-state index in [0.717, 1.165) is 24.1 Å². The summed E-state index contributed by atoms with van der Waals surface area (Å²) < 4.78 is 5.46. The molecule has 0 spiro atoms. The summed E-state index contributed by atoms with van der Waals surface area (Å²) >= 11 is 12.2. The lowest BCUT2D eigenvalue weighted by Crippen LogP contribution is -2.53. The van der Waals surface area contributed by atoms with Crippen LogP contribution >= 0.6 is 23.2 Å². The number of benzene rings is 2. The quantitative estimate of drug-likeness (QED) is 0.709. The summed E-state index contributed by atoms with van der Waals surface area (Å²) in [5.74, 6) is -0.179. The van der Waals surface area contributed by atoms with E-state index in [2.05, 4.69) is 4.90 Å². The van der Waals surface area contributed by atoms with Crippen LogP contribution < -0.4 is 0 Å². The summed E-state index contributed by atoms with van der Waals surface area (Å²) in [7, 11) is 0. The van der Waals surface area contributed by atoms with Gasteiger partial charge >= 0.3 is 5.97 Å². The number of likely N-dealkylation sites (tertiary alicyclic amines) is 1. The molecule has 1 heterocycles.